The smallest absolute Gasteiger partial charge is 0.264 e. The van der Waals surface area contributed by atoms with E-state index in [1.807, 2.05) is 12.1 Å². The van der Waals surface area contributed by atoms with E-state index in [9.17, 15) is 13.2 Å². The van der Waals surface area contributed by atoms with Gasteiger partial charge in [0.25, 0.3) is 15.9 Å². The Bertz CT molecular complexity index is 1210. The fourth-order valence-electron chi connectivity index (χ4n) is 4.13. The molecule has 7 heteroatoms. The first-order valence-electron chi connectivity index (χ1n) is 11.2. The van der Waals surface area contributed by atoms with Crippen LogP contribution in [0.15, 0.2) is 83.8 Å². The second kappa shape index (κ2) is 10.2. The first-order valence-corrected chi connectivity index (χ1v) is 12.6. The quantitative estimate of drug-likeness (QED) is 0.548. The third-order valence-corrected chi connectivity index (χ3v) is 7.72. The highest BCUT2D eigenvalue weighted by Gasteiger charge is 2.24. The number of sulfonamides is 1. The first-order chi connectivity index (χ1) is 15.9. The van der Waals surface area contributed by atoms with E-state index in [0.29, 0.717) is 17.8 Å². The van der Waals surface area contributed by atoms with Gasteiger partial charge in [-0.1, -0.05) is 54.6 Å². The maximum absolute atomic E-state index is 13.1. The molecule has 0 aliphatic carbocycles. The predicted molar refractivity (Wildman–Crippen MR) is 131 cm³/mol. The molecule has 1 saturated heterocycles. The zero-order valence-corrected chi connectivity index (χ0v) is 19.6. The van der Waals surface area contributed by atoms with Crippen molar-refractivity contribution >= 4 is 21.6 Å². The monoisotopic (exact) mass is 463 g/mol. The summed E-state index contributed by atoms with van der Waals surface area (Å²) in [4.78, 5) is 15.6. The number of likely N-dealkylation sites (tertiary alicyclic amines) is 1. The molecule has 1 aliphatic heterocycles. The van der Waals surface area contributed by atoms with Gasteiger partial charge in [0.15, 0.2) is 0 Å². The summed E-state index contributed by atoms with van der Waals surface area (Å²) in [6.07, 6.45) is 2.51. The van der Waals surface area contributed by atoms with Crippen molar-refractivity contribution in [1.82, 2.24) is 10.2 Å². The van der Waals surface area contributed by atoms with Crippen LogP contribution in [0.3, 0.4) is 0 Å². The van der Waals surface area contributed by atoms with Crippen molar-refractivity contribution in [3.05, 3.63) is 95.6 Å². The molecular weight excluding hydrogens is 434 g/mol. The Hall–Kier alpha value is -3.16. The Morgan fingerprint density at radius 3 is 2.33 bits per heavy atom. The van der Waals surface area contributed by atoms with Gasteiger partial charge < -0.3 is 5.32 Å². The van der Waals surface area contributed by atoms with Gasteiger partial charge >= 0.3 is 0 Å². The number of rotatable bonds is 8. The number of anilines is 1. The molecule has 1 N–H and O–H groups in total. The molecular formula is C26H29N3O3S. The molecule has 1 fully saturated rings. The van der Waals surface area contributed by atoms with Crippen molar-refractivity contribution in [1.29, 1.82) is 0 Å². The lowest BCUT2D eigenvalue weighted by atomic mass is 10.1. The summed E-state index contributed by atoms with van der Waals surface area (Å²) in [6, 6.07) is 23.2. The lowest BCUT2D eigenvalue weighted by Crippen LogP contribution is -2.30. The third-order valence-electron chi connectivity index (χ3n) is 5.94. The standard InChI is InChI=1S/C26H29N3O3S/c1-28(33(31,32)23-12-3-2-4-13-23)25-15-6-5-14-24(25)26(30)27-19-21-10-9-11-22(18-21)20-29-16-7-8-17-29/h2-6,9-15,18H,7-8,16-17,19-20H2,1H3,(H,27,30). The average Bonchev–Trinajstić information content (AvgIpc) is 3.36. The molecule has 33 heavy (non-hydrogen) atoms. The number of carbonyl (C=O) groups excluding carboxylic acids is 1. The van der Waals surface area contributed by atoms with Gasteiger partial charge in [-0.2, -0.15) is 0 Å². The zero-order chi connectivity index (χ0) is 23.3. The topological polar surface area (TPSA) is 69.7 Å². The zero-order valence-electron chi connectivity index (χ0n) is 18.8. The van der Waals surface area contributed by atoms with Crippen LogP contribution in [0.1, 0.15) is 34.3 Å². The molecule has 3 aromatic rings. The fraction of sp³-hybridized carbons (Fsp3) is 0.269. The van der Waals surface area contributed by atoms with E-state index in [4.69, 9.17) is 0 Å². The van der Waals surface area contributed by atoms with E-state index >= 15 is 0 Å². The van der Waals surface area contributed by atoms with Crippen LogP contribution in [0.25, 0.3) is 0 Å². The van der Waals surface area contributed by atoms with Gasteiger partial charge in [0.1, 0.15) is 0 Å². The molecule has 0 aromatic heterocycles. The number of nitrogens with zero attached hydrogens (tertiary/aromatic N) is 2. The minimum Gasteiger partial charge on any atom is -0.348 e. The first kappa shape index (κ1) is 23.0. The van der Waals surface area contributed by atoms with Crippen LogP contribution in [-0.4, -0.2) is 39.4 Å². The normalized spacial score (nSPS) is 14.2. The van der Waals surface area contributed by atoms with E-state index in [1.165, 1.54) is 25.5 Å². The maximum atomic E-state index is 13.1. The molecule has 4 rings (SSSR count). The summed E-state index contributed by atoms with van der Waals surface area (Å²) >= 11 is 0. The second-order valence-electron chi connectivity index (χ2n) is 8.29. The van der Waals surface area contributed by atoms with Gasteiger partial charge in [-0.3, -0.25) is 14.0 Å². The Kier molecular flexibility index (Phi) is 7.11. The molecule has 3 aromatic carbocycles. The molecule has 0 spiro atoms. The molecule has 0 unspecified atom stereocenters. The largest absolute Gasteiger partial charge is 0.348 e. The molecule has 1 aliphatic rings. The minimum atomic E-state index is -3.78. The van der Waals surface area contributed by atoms with Crippen LogP contribution in [0.4, 0.5) is 5.69 Å². The Morgan fingerprint density at radius 1 is 0.909 bits per heavy atom. The molecule has 1 amide bonds. The van der Waals surface area contributed by atoms with Crippen LogP contribution in [0.5, 0.6) is 0 Å². The molecule has 1 heterocycles. The predicted octanol–water partition coefficient (Wildman–Crippen LogP) is 4.04. The summed E-state index contributed by atoms with van der Waals surface area (Å²) in [7, 11) is -2.32. The van der Waals surface area contributed by atoms with Crippen LogP contribution in [0, 0.1) is 0 Å². The Balaban J connectivity index is 1.48. The van der Waals surface area contributed by atoms with Gasteiger partial charge in [0.05, 0.1) is 16.1 Å². The molecule has 6 nitrogen and oxygen atoms in total. The Labute approximate surface area is 195 Å². The molecule has 0 radical (unpaired) electrons. The lowest BCUT2D eigenvalue weighted by molar-refractivity contribution is 0.0951. The highest BCUT2D eigenvalue weighted by atomic mass is 32.2. The summed E-state index contributed by atoms with van der Waals surface area (Å²) < 4.78 is 27.3. The van der Waals surface area contributed by atoms with Crippen LogP contribution < -0.4 is 9.62 Å². The minimum absolute atomic E-state index is 0.178. The van der Waals surface area contributed by atoms with Crippen molar-refractivity contribution in [2.75, 3.05) is 24.4 Å². The number of benzene rings is 3. The van der Waals surface area contributed by atoms with Crippen LogP contribution in [-0.2, 0) is 23.1 Å². The van der Waals surface area contributed by atoms with Gasteiger partial charge in [-0.05, 0) is 61.3 Å². The Morgan fingerprint density at radius 2 is 1.58 bits per heavy atom. The van der Waals surface area contributed by atoms with Gasteiger partial charge in [-0.25, -0.2) is 8.42 Å². The SMILES string of the molecule is CN(c1ccccc1C(=O)NCc1cccc(CN2CCCC2)c1)S(=O)(=O)c1ccccc1. The van der Waals surface area contributed by atoms with E-state index in [2.05, 4.69) is 22.3 Å². The van der Waals surface area contributed by atoms with Gasteiger partial charge in [-0.15, -0.1) is 0 Å². The van der Waals surface area contributed by atoms with E-state index < -0.39 is 10.0 Å². The highest BCUT2D eigenvalue weighted by Crippen LogP contribution is 2.25. The van der Waals surface area contributed by atoms with Crippen LogP contribution in [0.2, 0.25) is 0 Å². The molecule has 172 valence electrons. The number of para-hydroxylation sites is 1. The van der Waals surface area contributed by atoms with E-state index in [0.717, 1.165) is 29.5 Å². The average molecular weight is 464 g/mol. The highest BCUT2D eigenvalue weighted by molar-refractivity contribution is 7.92. The summed E-state index contributed by atoms with van der Waals surface area (Å²) in [6.45, 7) is 3.57. The second-order valence-corrected chi connectivity index (χ2v) is 10.3. The van der Waals surface area contributed by atoms with E-state index in [-0.39, 0.29) is 10.8 Å². The van der Waals surface area contributed by atoms with Crippen LogP contribution >= 0.6 is 0 Å². The lowest BCUT2D eigenvalue weighted by Gasteiger charge is -2.22. The summed E-state index contributed by atoms with van der Waals surface area (Å²) in [5.74, 6) is -0.314. The summed E-state index contributed by atoms with van der Waals surface area (Å²) in [5, 5.41) is 2.95. The van der Waals surface area contributed by atoms with E-state index in [1.54, 1.807) is 54.6 Å². The van der Waals surface area contributed by atoms with Crippen molar-refractivity contribution in [2.45, 2.75) is 30.8 Å². The number of carbonyl (C=O) groups is 1. The number of nitrogens with one attached hydrogen (secondary N) is 1. The van der Waals surface area contributed by atoms with Gasteiger partial charge in [0, 0.05) is 20.1 Å². The van der Waals surface area contributed by atoms with Gasteiger partial charge in [0.2, 0.25) is 0 Å². The van der Waals surface area contributed by atoms with Crippen molar-refractivity contribution < 1.29 is 13.2 Å². The number of hydrogen-bond acceptors (Lipinski definition) is 4. The molecule has 0 bridgehead atoms. The van der Waals surface area contributed by atoms with Crippen molar-refractivity contribution in [3.63, 3.8) is 0 Å². The maximum Gasteiger partial charge on any atom is 0.264 e. The van der Waals surface area contributed by atoms with Crippen molar-refractivity contribution in [3.8, 4) is 0 Å². The fourth-order valence-corrected chi connectivity index (χ4v) is 5.37. The number of hydrogen-bond donors (Lipinski definition) is 1. The summed E-state index contributed by atoms with van der Waals surface area (Å²) in [5.41, 5.74) is 2.90. The third kappa shape index (κ3) is 5.43. The number of amides is 1. The molecule has 0 saturated carbocycles. The molecule has 0 atom stereocenters. The van der Waals surface area contributed by atoms with Crippen molar-refractivity contribution in [2.24, 2.45) is 0 Å².